The maximum absolute atomic E-state index is 11.2. The lowest BCUT2D eigenvalue weighted by molar-refractivity contribution is 0.0693. The molecule has 0 aliphatic heterocycles. The van der Waals surface area contributed by atoms with E-state index >= 15 is 0 Å². The van der Waals surface area contributed by atoms with Crippen LogP contribution in [0.5, 0.6) is 5.75 Å². The Bertz CT molecular complexity index is 623. The van der Waals surface area contributed by atoms with Crippen LogP contribution < -0.4 is 4.74 Å². The van der Waals surface area contributed by atoms with Gasteiger partial charge in [-0.3, -0.25) is 0 Å². The van der Waals surface area contributed by atoms with E-state index in [0.29, 0.717) is 23.8 Å². The molecule has 1 heterocycles. The molecule has 0 fully saturated rings. The maximum Gasteiger partial charge on any atom is 0.339 e. The molecule has 1 aromatic carbocycles. The summed E-state index contributed by atoms with van der Waals surface area (Å²) in [6.45, 7) is 0.543. The molecule has 0 saturated carbocycles. The fraction of sp³-hybridized carbons (Fsp3) is 0.333. The molecule has 8 nitrogen and oxygen atoms in total. The van der Waals surface area contributed by atoms with Crippen molar-refractivity contribution >= 4 is 5.97 Å². The summed E-state index contributed by atoms with van der Waals surface area (Å²) in [6, 6.07) is 4.78. The van der Waals surface area contributed by atoms with Crippen LogP contribution >= 0.6 is 0 Å². The molecular formula is C12H15N5O3. The summed E-state index contributed by atoms with van der Waals surface area (Å²) >= 11 is 0. The second-order valence-electron chi connectivity index (χ2n) is 4.43. The van der Waals surface area contributed by atoms with Gasteiger partial charge in [0.2, 0.25) is 0 Å². The van der Waals surface area contributed by atoms with E-state index in [1.54, 1.807) is 12.1 Å². The molecule has 8 heteroatoms. The minimum Gasteiger partial charge on any atom is -0.496 e. The van der Waals surface area contributed by atoms with Gasteiger partial charge in [0.1, 0.15) is 11.3 Å². The Labute approximate surface area is 115 Å². The fourth-order valence-electron chi connectivity index (χ4n) is 1.78. The van der Waals surface area contributed by atoms with Crippen molar-refractivity contribution in [3.05, 3.63) is 29.6 Å². The Morgan fingerprint density at radius 3 is 2.80 bits per heavy atom. The molecule has 20 heavy (non-hydrogen) atoms. The lowest BCUT2D eigenvalue weighted by atomic mass is 10.2. The maximum atomic E-state index is 11.2. The normalized spacial score (nSPS) is 10.8. The Balaban J connectivity index is 2.46. The van der Waals surface area contributed by atoms with Gasteiger partial charge in [-0.1, -0.05) is 0 Å². The number of aromatic nitrogens is 4. The van der Waals surface area contributed by atoms with Crippen LogP contribution in [0.3, 0.4) is 0 Å². The van der Waals surface area contributed by atoms with Gasteiger partial charge in [-0.2, -0.15) is 4.68 Å². The first kappa shape index (κ1) is 13.9. The third kappa shape index (κ3) is 2.75. The molecule has 0 unspecified atom stereocenters. The Morgan fingerprint density at radius 2 is 2.20 bits per heavy atom. The van der Waals surface area contributed by atoms with Crippen LogP contribution in [0.25, 0.3) is 5.69 Å². The summed E-state index contributed by atoms with van der Waals surface area (Å²) in [5, 5.41) is 20.6. The van der Waals surface area contributed by atoms with Crippen molar-refractivity contribution in [2.45, 2.75) is 6.54 Å². The molecule has 106 valence electrons. The molecule has 0 aliphatic rings. The van der Waals surface area contributed by atoms with Crippen LogP contribution in [-0.4, -0.2) is 57.4 Å². The van der Waals surface area contributed by atoms with Gasteiger partial charge in [-0.15, -0.1) is 5.10 Å². The van der Waals surface area contributed by atoms with Crippen molar-refractivity contribution in [1.82, 2.24) is 25.1 Å². The van der Waals surface area contributed by atoms with Gasteiger partial charge in [-0.25, -0.2) is 4.79 Å². The number of methoxy groups -OCH3 is 1. The van der Waals surface area contributed by atoms with Crippen LogP contribution in [0.1, 0.15) is 16.2 Å². The number of tetrazole rings is 1. The molecule has 0 spiro atoms. The highest BCUT2D eigenvalue weighted by Crippen LogP contribution is 2.22. The number of hydrogen-bond donors (Lipinski definition) is 1. The number of carbonyl (C=O) groups is 1. The number of rotatable bonds is 5. The standard InChI is InChI=1S/C12H15N5O3/c1-16(2)7-11-13-14-15-17(11)8-4-5-10(20-3)9(6-8)12(18)19/h4-6H,7H2,1-3H3,(H,18,19). The van der Waals surface area contributed by atoms with Gasteiger partial charge < -0.3 is 14.7 Å². The molecule has 1 aromatic heterocycles. The van der Waals surface area contributed by atoms with E-state index in [-0.39, 0.29) is 5.56 Å². The largest absolute Gasteiger partial charge is 0.496 e. The molecule has 2 aromatic rings. The van der Waals surface area contributed by atoms with Gasteiger partial charge in [0.15, 0.2) is 5.82 Å². The number of nitrogens with zero attached hydrogens (tertiary/aromatic N) is 5. The average molecular weight is 277 g/mol. The molecule has 0 aliphatic carbocycles. The van der Waals surface area contributed by atoms with E-state index in [9.17, 15) is 9.90 Å². The quantitative estimate of drug-likeness (QED) is 0.847. The van der Waals surface area contributed by atoms with E-state index < -0.39 is 5.97 Å². The highest BCUT2D eigenvalue weighted by molar-refractivity contribution is 5.91. The highest BCUT2D eigenvalue weighted by Gasteiger charge is 2.15. The zero-order valence-electron chi connectivity index (χ0n) is 11.4. The van der Waals surface area contributed by atoms with Crippen LogP contribution in [0.15, 0.2) is 18.2 Å². The number of carboxylic acids is 1. The summed E-state index contributed by atoms with van der Waals surface area (Å²) in [4.78, 5) is 13.1. The van der Waals surface area contributed by atoms with E-state index in [2.05, 4.69) is 15.5 Å². The first-order valence-electron chi connectivity index (χ1n) is 5.86. The van der Waals surface area contributed by atoms with Crippen LogP contribution in [0.2, 0.25) is 0 Å². The van der Waals surface area contributed by atoms with Gasteiger partial charge in [0.25, 0.3) is 0 Å². The SMILES string of the molecule is COc1ccc(-n2nnnc2CN(C)C)cc1C(=O)O. The second-order valence-corrected chi connectivity index (χ2v) is 4.43. The van der Waals surface area contributed by atoms with Gasteiger partial charge in [0, 0.05) is 0 Å². The molecule has 0 amide bonds. The molecular weight excluding hydrogens is 262 g/mol. The monoisotopic (exact) mass is 277 g/mol. The second kappa shape index (κ2) is 5.66. The number of ether oxygens (including phenoxy) is 1. The first-order valence-corrected chi connectivity index (χ1v) is 5.86. The number of benzene rings is 1. The van der Waals surface area contributed by atoms with Crippen LogP contribution in [0, 0.1) is 0 Å². The third-order valence-corrected chi connectivity index (χ3v) is 2.65. The number of hydrogen-bond acceptors (Lipinski definition) is 6. The van der Waals surface area contributed by atoms with Crippen molar-refractivity contribution in [2.75, 3.05) is 21.2 Å². The molecule has 0 saturated heterocycles. The summed E-state index contributed by atoms with van der Waals surface area (Å²) in [5.41, 5.74) is 0.640. The average Bonchev–Trinajstić information content (AvgIpc) is 2.85. The zero-order chi connectivity index (χ0) is 14.7. The Kier molecular flexibility index (Phi) is 3.94. The first-order chi connectivity index (χ1) is 9.52. The summed E-state index contributed by atoms with van der Waals surface area (Å²) in [5.74, 6) is -0.147. The number of carboxylic acid groups (broad SMARTS) is 1. The predicted octanol–water partition coefficient (Wildman–Crippen LogP) is 0.431. The Hall–Kier alpha value is -2.48. The summed E-state index contributed by atoms with van der Waals surface area (Å²) in [6.07, 6.45) is 0. The minimum absolute atomic E-state index is 0.0660. The van der Waals surface area contributed by atoms with E-state index in [4.69, 9.17) is 4.74 Å². The predicted molar refractivity (Wildman–Crippen MR) is 70.1 cm³/mol. The van der Waals surface area contributed by atoms with Gasteiger partial charge in [-0.05, 0) is 42.7 Å². The van der Waals surface area contributed by atoms with E-state index in [0.717, 1.165) is 0 Å². The van der Waals surface area contributed by atoms with Crippen molar-refractivity contribution < 1.29 is 14.6 Å². The molecule has 2 rings (SSSR count). The van der Waals surface area contributed by atoms with Gasteiger partial charge >= 0.3 is 5.97 Å². The fourth-order valence-corrected chi connectivity index (χ4v) is 1.78. The smallest absolute Gasteiger partial charge is 0.339 e. The highest BCUT2D eigenvalue weighted by atomic mass is 16.5. The molecule has 1 N–H and O–H groups in total. The molecule has 0 radical (unpaired) electrons. The van der Waals surface area contributed by atoms with Crippen molar-refractivity contribution in [2.24, 2.45) is 0 Å². The van der Waals surface area contributed by atoms with Crippen molar-refractivity contribution in [3.63, 3.8) is 0 Å². The van der Waals surface area contributed by atoms with E-state index in [1.807, 2.05) is 19.0 Å². The minimum atomic E-state index is -1.06. The third-order valence-electron chi connectivity index (χ3n) is 2.65. The lowest BCUT2D eigenvalue weighted by Gasteiger charge is -2.11. The zero-order valence-corrected chi connectivity index (χ0v) is 11.4. The molecule has 0 atom stereocenters. The lowest BCUT2D eigenvalue weighted by Crippen LogP contribution is -2.15. The molecule has 0 bridgehead atoms. The summed E-state index contributed by atoms with van der Waals surface area (Å²) < 4.78 is 6.53. The van der Waals surface area contributed by atoms with E-state index in [1.165, 1.54) is 17.9 Å². The topological polar surface area (TPSA) is 93.4 Å². The number of aromatic carboxylic acids is 1. The van der Waals surface area contributed by atoms with Gasteiger partial charge in [0.05, 0.1) is 19.3 Å². The Morgan fingerprint density at radius 1 is 1.45 bits per heavy atom. The van der Waals surface area contributed by atoms with Crippen molar-refractivity contribution in [3.8, 4) is 11.4 Å². The van der Waals surface area contributed by atoms with Crippen LogP contribution in [-0.2, 0) is 6.54 Å². The summed E-state index contributed by atoms with van der Waals surface area (Å²) in [7, 11) is 5.22. The van der Waals surface area contributed by atoms with Crippen LogP contribution in [0.4, 0.5) is 0 Å². The van der Waals surface area contributed by atoms with Crippen molar-refractivity contribution in [1.29, 1.82) is 0 Å².